The van der Waals surface area contributed by atoms with Gasteiger partial charge in [-0.15, -0.1) is 0 Å². The molecule has 1 amide bonds. The van der Waals surface area contributed by atoms with Crippen molar-refractivity contribution in [2.24, 2.45) is 5.92 Å². The van der Waals surface area contributed by atoms with Crippen LogP contribution >= 0.6 is 0 Å². The monoisotopic (exact) mass is 475 g/mol. The number of likely N-dealkylation sites (tertiary alicyclic amines) is 1. The van der Waals surface area contributed by atoms with Gasteiger partial charge in [-0.1, -0.05) is 6.07 Å². The summed E-state index contributed by atoms with van der Waals surface area (Å²) >= 11 is 0. The standard InChI is InChI=1S/C24H28F3N5O2/c25-24(26,27)16-30-8-5-17(6-9-30)23(33)32-15-18-2-1-7-28-22(18)29-20-4-3-19(14-21(20)32)31-10-12-34-13-11-31/h1-4,7,14,17H,5-6,8-13,15-16H2,(H,28,29). The molecule has 1 N–H and O–H groups in total. The fraction of sp³-hybridized carbons (Fsp3) is 0.500. The second-order valence-corrected chi connectivity index (χ2v) is 9.03. The molecule has 2 saturated heterocycles. The number of hydrogen-bond donors (Lipinski definition) is 1. The van der Waals surface area contributed by atoms with Crippen LogP contribution in [-0.2, 0) is 16.1 Å². The van der Waals surface area contributed by atoms with Gasteiger partial charge in [-0.3, -0.25) is 9.69 Å². The van der Waals surface area contributed by atoms with Gasteiger partial charge in [0.1, 0.15) is 5.82 Å². The van der Waals surface area contributed by atoms with E-state index in [0.29, 0.717) is 38.4 Å². The molecule has 4 heterocycles. The van der Waals surface area contributed by atoms with Gasteiger partial charge in [-0.05, 0) is 50.2 Å². The first-order valence-corrected chi connectivity index (χ1v) is 11.7. The third-order valence-corrected chi connectivity index (χ3v) is 6.73. The maximum Gasteiger partial charge on any atom is 0.401 e. The van der Waals surface area contributed by atoms with E-state index in [0.717, 1.165) is 35.7 Å². The molecular formula is C24H28F3N5O2. The number of halogens is 3. The number of fused-ring (bicyclic) bond motifs is 2. The number of morpholine rings is 1. The number of carbonyl (C=O) groups excluding carboxylic acids is 1. The predicted molar refractivity (Wildman–Crippen MR) is 123 cm³/mol. The minimum Gasteiger partial charge on any atom is -0.378 e. The zero-order valence-corrected chi connectivity index (χ0v) is 18.9. The number of hydrogen-bond acceptors (Lipinski definition) is 6. The van der Waals surface area contributed by atoms with E-state index in [4.69, 9.17) is 4.74 Å². The molecule has 3 aliphatic rings. The van der Waals surface area contributed by atoms with Gasteiger partial charge in [-0.25, -0.2) is 4.98 Å². The van der Waals surface area contributed by atoms with E-state index in [1.807, 2.05) is 30.3 Å². The second kappa shape index (κ2) is 9.42. The van der Waals surface area contributed by atoms with Crippen LogP contribution in [-0.4, -0.2) is 67.9 Å². The second-order valence-electron chi connectivity index (χ2n) is 9.03. The number of nitrogens with zero attached hydrogens (tertiary/aromatic N) is 4. The van der Waals surface area contributed by atoms with Crippen LogP contribution in [0.3, 0.4) is 0 Å². The first-order chi connectivity index (χ1) is 16.4. The molecular weight excluding hydrogens is 447 g/mol. The van der Waals surface area contributed by atoms with E-state index in [1.165, 1.54) is 4.90 Å². The minimum absolute atomic E-state index is 0.0504. The van der Waals surface area contributed by atoms with Crippen LogP contribution in [0.4, 0.5) is 36.1 Å². The normalized spacial score (nSPS) is 19.7. The third kappa shape index (κ3) is 4.97. The SMILES string of the molecule is O=C(C1CCN(CC(F)(F)F)CC1)N1Cc2cccnc2Nc2ccc(N3CCOCC3)cc21. The molecule has 2 fully saturated rings. The Hall–Kier alpha value is -2.85. The Morgan fingerprint density at radius 3 is 2.62 bits per heavy atom. The highest BCUT2D eigenvalue weighted by atomic mass is 19.4. The Bertz CT molecular complexity index is 1030. The van der Waals surface area contributed by atoms with Gasteiger partial charge >= 0.3 is 6.18 Å². The Balaban J connectivity index is 1.42. The fourth-order valence-corrected chi connectivity index (χ4v) is 4.94. The highest BCUT2D eigenvalue weighted by Crippen LogP contribution is 2.39. The van der Waals surface area contributed by atoms with E-state index < -0.39 is 12.7 Å². The van der Waals surface area contributed by atoms with Gasteiger partial charge in [0.15, 0.2) is 0 Å². The minimum atomic E-state index is -4.22. The summed E-state index contributed by atoms with van der Waals surface area (Å²) in [5, 5.41) is 3.37. The van der Waals surface area contributed by atoms with Crippen LogP contribution in [0.25, 0.3) is 0 Å². The number of pyridine rings is 1. The molecule has 34 heavy (non-hydrogen) atoms. The molecule has 7 nitrogen and oxygen atoms in total. The lowest BCUT2D eigenvalue weighted by molar-refractivity contribution is -0.149. The quantitative estimate of drug-likeness (QED) is 0.729. The van der Waals surface area contributed by atoms with Gasteiger partial charge in [-0.2, -0.15) is 13.2 Å². The molecule has 2 aromatic rings. The molecule has 0 radical (unpaired) electrons. The lowest BCUT2D eigenvalue weighted by atomic mass is 9.94. The molecule has 10 heteroatoms. The van der Waals surface area contributed by atoms with E-state index in [-0.39, 0.29) is 24.9 Å². The lowest BCUT2D eigenvalue weighted by Gasteiger charge is -2.35. The largest absolute Gasteiger partial charge is 0.401 e. The van der Waals surface area contributed by atoms with Crippen molar-refractivity contribution in [3.63, 3.8) is 0 Å². The average Bonchev–Trinajstić information content (AvgIpc) is 3.00. The van der Waals surface area contributed by atoms with Crippen molar-refractivity contribution < 1.29 is 22.7 Å². The third-order valence-electron chi connectivity index (χ3n) is 6.73. The number of carbonyl (C=O) groups is 1. The van der Waals surface area contributed by atoms with Crippen LogP contribution in [0.2, 0.25) is 0 Å². The van der Waals surface area contributed by atoms with Gasteiger partial charge < -0.3 is 19.9 Å². The van der Waals surface area contributed by atoms with Crippen molar-refractivity contribution >= 4 is 28.8 Å². The molecule has 1 aromatic carbocycles. The summed E-state index contributed by atoms with van der Waals surface area (Å²) in [4.78, 5) is 23.6. The van der Waals surface area contributed by atoms with Crippen LogP contribution < -0.4 is 15.1 Å². The van der Waals surface area contributed by atoms with Crippen molar-refractivity contribution in [2.75, 3.05) is 61.1 Å². The lowest BCUT2D eigenvalue weighted by Crippen LogP contribution is -2.45. The Kier molecular flexibility index (Phi) is 6.35. The summed E-state index contributed by atoms with van der Waals surface area (Å²) in [5.74, 6) is 0.339. The van der Waals surface area contributed by atoms with E-state index >= 15 is 0 Å². The summed E-state index contributed by atoms with van der Waals surface area (Å²) in [6, 6.07) is 9.81. The Morgan fingerprint density at radius 1 is 1.12 bits per heavy atom. The van der Waals surface area contributed by atoms with Crippen molar-refractivity contribution in [1.82, 2.24) is 9.88 Å². The number of amides is 1. The highest BCUT2D eigenvalue weighted by Gasteiger charge is 2.36. The van der Waals surface area contributed by atoms with E-state index in [2.05, 4.69) is 15.2 Å². The predicted octanol–water partition coefficient (Wildman–Crippen LogP) is 3.78. The first kappa shape index (κ1) is 22.9. The maximum atomic E-state index is 13.8. The Labute approximate surface area is 196 Å². The maximum absolute atomic E-state index is 13.8. The van der Waals surface area contributed by atoms with Crippen molar-refractivity contribution in [3.05, 3.63) is 42.1 Å². The van der Waals surface area contributed by atoms with Crippen molar-refractivity contribution in [1.29, 1.82) is 0 Å². The summed E-state index contributed by atoms with van der Waals surface area (Å²) < 4.78 is 43.8. The van der Waals surface area contributed by atoms with Crippen molar-refractivity contribution in [2.45, 2.75) is 25.6 Å². The highest BCUT2D eigenvalue weighted by molar-refractivity contribution is 6.00. The molecule has 0 atom stereocenters. The number of aromatic nitrogens is 1. The number of nitrogens with one attached hydrogen (secondary N) is 1. The molecule has 0 aliphatic carbocycles. The molecule has 5 rings (SSSR count). The molecule has 1 aromatic heterocycles. The number of anilines is 4. The number of benzene rings is 1. The van der Waals surface area contributed by atoms with Crippen LogP contribution in [0.5, 0.6) is 0 Å². The summed E-state index contributed by atoms with van der Waals surface area (Å²) in [7, 11) is 0. The van der Waals surface area contributed by atoms with Crippen LogP contribution in [0, 0.1) is 5.92 Å². The number of rotatable bonds is 3. The number of piperidine rings is 1. The molecule has 0 bridgehead atoms. The van der Waals surface area contributed by atoms with E-state index in [9.17, 15) is 18.0 Å². The summed E-state index contributed by atoms with van der Waals surface area (Å²) in [6.07, 6.45) is -1.69. The zero-order valence-electron chi connectivity index (χ0n) is 18.9. The summed E-state index contributed by atoms with van der Waals surface area (Å²) in [6.45, 7) is 2.83. The fourth-order valence-electron chi connectivity index (χ4n) is 4.94. The van der Waals surface area contributed by atoms with Crippen LogP contribution in [0.1, 0.15) is 18.4 Å². The molecule has 3 aliphatic heterocycles. The molecule has 0 unspecified atom stereocenters. The zero-order chi connectivity index (χ0) is 23.7. The van der Waals surface area contributed by atoms with Gasteiger partial charge in [0.2, 0.25) is 5.91 Å². The van der Waals surface area contributed by atoms with Gasteiger partial charge in [0.05, 0.1) is 37.7 Å². The van der Waals surface area contributed by atoms with Crippen molar-refractivity contribution in [3.8, 4) is 0 Å². The average molecular weight is 476 g/mol. The van der Waals surface area contributed by atoms with Gasteiger partial charge in [0, 0.05) is 36.5 Å². The number of alkyl halides is 3. The van der Waals surface area contributed by atoms with Crippen LogP contribution in [0.15, 0.2) is 36.5 Å². The smallest absolute Gasteiger partial charge is 0.378 e. The Morgan fingerprint density at radius 2 is 1.88 bits per heavy atom. The summed E-state index contributed by atoms with van der Waals surface area (Å²) in [5.41, 5.74) is 3.47. The molecule has 0 saturated carbocycles. The van der Waals surface area contributed by atoms with Gasteiger partial charge in [0.25, 0.3) is 0 Å². The van der Waals surface area contributed by atoms with E-state index in [1.54, 1.807) is 11.1 Å². The molecule has 0 spiro atoms. The number of ether oxygens (including phenoxy) is 1. The molecule has 182 valence electrons. The topological polar surface area (TPSA) is 60.9 Å². The first-order valence-electron chi connectivity index (χ1n) is 11.7.